The van der Waals surface area contributed by atoms with Crippen LogP contribution < -0.4 is 5.32 Å². The van der Waals surface area contributed by atoms with Crippen molar-refractivity contribution in [2.75, 3.05) is 32.7 Å². The molecule has 0 radical (unpaired) electrons. The number of nitrogens with one attached hydrogen (secondary N) is 1. The van der Waals surface area contributed by atoms with Crippen molar-refractivity contribution in [3.05, 3.63) is 0 Å². The Balaban J connectivity index is 1.70. The third kappa shape index (κ3) is 1.72. The zero-order chi connectivity index (χ0) is 7.68. The van der Waals surface area contributed by atoms with Gasteiger partial charge in [-0.2, -0.15) is 0 Å². The number of aliphatic hydroxyl groups excluding tert-OH is 1. The topological polar surface area (TPSA) is 35.5 Å². The molecule has 2 aliphatic rings. The zero-order valence-electron chi connectivity index (χ0n) is 6.79. The fourth-order valence-corrected chi connectivity index (χ4v) is 1.82. The highest BCUT2D eigenvalue weighted by Gasteiger charge is 2.25. The third-order valence-corrected chi connectivity index (χ3v) is 2.63. The summed E-state index contributed by atoms with van der Waals surface area (Å²) in [7, 11) is 0. The second-order valence-corrected chi connectivity index (χ2v) is 3.73. The fourth-order valence-electron chi connectivity index (χ4n) is 1.82. The summed E-state index contributed by atoms with van der Waals surface area (Å²) in [5.74, 6) is 0.847. The van der Waals surface area contributed by atoms with E-state index in [1.165, 1.54) is 19.6 Å². The van der Waals surface area contributed by atoms with Crippen LogP contribution in [0.25, 0.3) is 0 Å². The van der Waals surface area contributed by atoms with Gasteiger partial charge in [0.05, 0.1) is 6.10 Å². The predicted octanol–water partition coefficient (Wildman–Crippen LogP) is -0.728. The highest BCUT2D eigenvalue weighted by molar-refractivity contribution is 4.82. The Labute approximate surface area is 67.4 Å². The van der Waals surface area contributed by atoms with Crippen LogP contribution in [-0.4, -0.2) is 48.8 Å². The van der Waals surface area contributed by atoms with E-state index in [0.29, 0.717) is 0 Å². The van der Waals surface area contributed by atoms with Gasteiger partial charge in [-0.15, -0.1) is 0 Å². The monoisotopic (exact) mass is 156 g/mol. The predicted molar refractivity (Wildman–Crippen MR) is 43.4 cm³/mol. The molecule has 0 spiro atoms. The van der Waals surface area contributed by atoms with Crippen LogP contribution in [0.1, 0.15) is 6.42 Å². The Morgan fingerprint density at radius 2 is 2.27 bits per heavy atom. The van der Waals surface area contributed by atoms with Crippen molar-refractivity contribution >= 4 is 0 Å². The molecule has 3 heteroatoms. The maximum Gasteiger partial charge on any atom is 0.0679 e. The minimum atomic E-state index is -0.0527. The minimum absolute atomic E-state index is 0.0527. The molecule has 0 aromatic rings. The second kappa shape index (κ2) is 3.09. The molecule has 2 aliphatic heterocycles. The smallest absolute Gasteiger partial charge is 0.0679 e. The maximum absolute atomic E-state index is 9.25. The van der Waals surface area contributed by atoms with E-state index in [4.69, 9.17) is 0 Å². The molecule has 3 nitrogen and oxygen atoms in total. The van der Waals surface area contributed by atoms with Crippen molar-refractivity contribution in [2.45, 2.75) is 12.5 Å². The van der Waals surface area contributed by atoms with Crippen molar-refractivity contribution in [3.8, 4) is 0 Å². The Morgan fingerprint density at radius 3 is 2.73 bits per heavy atom. The summed E-state index contributed by atoms with van der Waals surface area (Å²) in [5.41, 5.74) is 0. The molecule has 64 valence electrons. The van der Waals surface area contributed by atoms with Crippen LogP contribution in [0.5, 0.6) is 0 Å². The standard InChI is InChI=1S/C8H16N2O/c11-8-1-2-10(6-8)5-7-3-9-4-7/h7-9,11H,1-6H2. The highest BCUT2D eigenvalue weighted by atomic mass is 16.3. The number of nitrogens with zero attached hydrogens (tertiary/aromatic N) is 1. The largest absolute Gasteiger partial charge is 0.392 e. The minimum Gasteiger partial charge on any atom is -0.392 e. The summed E-state index contributed by atoms with van der Waals surface area (Å²) in [6, 6.07) is 0. The highest BCUT2D eigenvalue weighted by Crippen LogP contribution is 2.12. The van der Waals surface area contributed by atoms with Crippen LogP contribution in [0.2, 0.25) is 0 Å². The van der Waals surface area contributed by atoms with Crippen LogP contribution in [0.4, 0.5) is 0 Å². The Bertz CT molecular complexity index is 136. The number of rotatable bonds is 2. The first kappa shape index (κ1) is 7.53. The molecule has 11 heavy (non-hydrogen) atoms. The molecule has 0 saturated carbocycles. The number of β-amino-alcohol motifs (C(OH)–C–C–N with tert-alkyl or cyclic N) is 1. The molecule has 2 fully saturated rings. The van der Waals surface area contributed by atoms with E-state index >= 15 is 0 Å². The average molecular weight is 156 g/mol. The molecule has 2 N–H and O–H groups in total. The van der Waals surface area contributed by atoms with Crippen LogP contribution in [-0.2, 0) is 0 Å². The van der Waals surface area contributed by atoms with Crippen molar-refractivity contribution in [1.29, 1.82) is 0 Å². The average Bonchev–Trinajstić information content (AvgIpc) is 2.27. The molecule has 0 aromatic carbocycles. The third-order valence-electron chi connectivity index (χ3n) is 2.63. The molecule has 2 saturated heterocycles. The quantitative estimate of drug-likeness (QED) is 0.553. The first-order chi connectivity index (χ1) is 5.34. The Morgan fingerprint density at radius 1 is 1.45 bits per heavy atom. The van der Waals surface area contributed by atoms with Gasteiger partial charge in [0.25, 0.3) is 0 Å². The van der Waals surface area contributed by atoms with Gasteiger partial charge in [0.1, 0.15) is 0 Å². The van der Waals surface area contributed by atoms with E-state index in [1.807, 2.05) is 0 Å². The van der Waals surface area contributed by atoms with Gasteiger partial charge in [-0.3, -0.25) is 0 Å². The summed E-state index contributed by atoms with van der Waals surface area (Å²) in [4.78, 5) is 2.37. The van der Waals surface area contributed by atoms with Gasteiger partial charge in [-0.05, 0) is 12.3 Å². The molecule has 1 atom stereocenters. The molecular weight excluding hydrogens is 140 g/mol. The van der Waals surface area contributed by atoms with E-state index in [1.54, 1.807) is 0 Å². The maximum atomic E-state index is 9.25. The van der Waals surface area contributed by atoms with Gasteiger partial charge in [-0.25, -0.2) is 0 Å². The van der Waals surface area contributed by atoms with E-state index < -0.39 is 0 Å². The molecule has 0 aromatic heterocycles. The Kier molecular flexibility index (Phi) is 2.11. The fraction of sp³-hybridized carbons (Fsp3) is 1.00. The number of hydrogen-bond acceptors (Lipinski definition) is 3. The second-order valence-electron chi connectivity index (χ2n) is 3.73. The molecule has 1 unspecified atom stereocenters. The van der Waals surface area contributed by atoms with E-state index in [0.717, 1.165) is 25.4 Å². The molecular formula is C8H16N2O. The Hall–Kier alpha value is -0.120. The van der Waals surface area contributed by atoms with Gasteiger partial charge < -0.3 is 15.3 Å². The summed E-state index contributed by atoms with van der Waals surface area (Å²) in [5, 5.41) is 12.5. The van der Waals surface area contributed by atoms with Crippen molar-refractivity contribution in [1.82, 2.24) is 10.2 Å². The van der Waals surface area contributed by atoms with Crippen molar-refractivity contribution in [2.24, 2.45) is 5.92 Å². The summed E-state index contributed by atoms with van der Waals surface area (Å²) in [6.07, 6.45) is 0.920. The number of hydrogen-bond donors (Lipinski definition) is 2. The first-order valence-electron chi connectivity index (χ1n) is 4.46. The molecule has 0 bridgehead atoms. The lowest BCUT2D eigenvalue weighted by molar-refractivity contribution is 0.161. The number of aliphatic hydroxyl groups is 1. The van der Waals surface area contributed by atoms with Gasteiger partial charge in [0, 0.05) is 32.7 Å². The van der Waals surface area contributed by atoms with Crippen molar-refractivity contribution in [3.63, 3.8) is 0 Å². The van der Waals surface area contributed by atoms with E-state index in [9.17, 15) is 5.11 Å². The summed E-state index contributed by atoms with van der Waals surface area (Å²) < 4.78 is 0. The molecule has 2 heterocycles. The van der Waals surface area contributed by atoms with Gasteiger partial charge >= 0.3 is 0 Å². The van der Waals surface area contributed by atoms with Crippen molar-refractivity contribution < 1.29 is 5.11 Å². The van der Waals surface area contributed by atoms with E-state index in [-0.39, 0.29) is 6.10 Å². The van der Waals surface area contributed by atoms with Gasteiger partial charge in [0.2, 0.25) is 0 Å². The molecule has 0 aliphatic carbocycles. The summed E-state index contributed by atoms with van der Waals surface area (Å²) >= 11 is 0. The zero-order valence-corrected chi connectivity index (χ0v) is 6.79. The lowest BCUT2D eigenvalue weighted by Crippen LogP contribution is -2.47. The lowest BCUT2D eigenvalue weighted by atomic mass is 10.0. The van der Waals surface area contributed by atoms with Crippen LogP contribution in [0.3, 0.4) is 0 Å². The lowest BCUT2D eigenvalue weighted by Gasteiger charge is -2.30. The molecule has 0 amide bonds. The molecule has 2 rings (SSSR count). The van der Waals surface area contributed by atoms with Gasteiger partial charge in [-0.1, -0.05) is 0 Å². The van der Waals surface area contributed by atoms with E-state index in [2.05, 4.69) is 10.2 Å². The normalized spacial score (nSPS) is 34.1. The van der Waals surface area contributed by atoms with Crippen LogP contribution in [0.15, 0.2) is 0 Å². The van der Waals surface area contributed by atoms with Crippen LogP contribution in [0, 0.1) is 5.92 Å². The SMILES string of the molecule is OC1CCN(CC2CNC2)C1. The summed E-state index contributed by atoms with van der Waals surface area (Å²) in [6.45, 7) is 5.53. The van der Waals surface area contributed by atoms with Gasteiger partial charge in [0.15, 0.2) is 0 Å². The van der Waals surface area contributed by atoms with Crippen LogP contribution >= 0.6 is 0 Å². The first-order valence-corrected chi connectivity index (χ1v) is 4.46. The number of likely N-dealkylation sites (tertiary alicyclic amines) is 1.